The number of hydrogen-bond donors (Lipinski definition) is 1. The number of alkyl halides is 1. The number of azide groups is 1. The molecule has 24 heteroatoms. The molecular formula is C45H56ClN5O17S. The zero-order valence-electron chi connectivity index (χ0n) is 39.8. The molecule has 0 saturated carbocycles. The average molecular weight is 1010 g/mol. The summed E-state index contributed by atoms with van der Waals surface area (Å²) in [5, 5.41) is 7.82. The lowest BCUT2D eigenvalue weighted by Gasteiger charge is -2.43. The maximum atomic E-state index is 14.2. The molecule has 0 bridgehead atoms. The summed E-state index contributed by atoms with van der Waals surface area (Å²) in [6, 6.07) is 9.92. The quantitative estimate of drug-likeness (QED) is 0.0328. The van der Waals surface area contributed by atoms with Crippen molar-refractivity contribution in [1.29, 1.82) is 0 Å². The van der Waals surface area contributed by atoms with E-state index in [0.29, 0.717) is 28.8 Å². The van der Waals surface area contributed by atoms with Gasteiger partial charge in [-0.1, -0.05) is 32.8 Å². The van der Waals surface area contributed by atoms with Crippen molar-refractivity contribution >= 4 is 68.2 Å². The van der Waals surface area contributed by atoms with Gasteiger partial charge in [0.05, 0.1) is 27.4 Å². The molecule has 22 nitrogen and oxygen atoms in total. The molecule has 0 spiro atoms. The highest BCUT2D eigenvalue weighted by Crippen LogP contribution is 2.45. The summed E-state index contributed by atoms with van der Waals surface area (Å²) in [4.78, 5) is 68.8. The first-order chi connectivity index (χ1) is 32.4. The average Bonchev–Trinajstić information content (AvgIpc) is 3.69. The Morgan fingerprint density at radius 1 is 0.855 bits per heavy atom. The maximum absolute atomic E-state index is 14.2. The van der Waals surface area contributed by atoms with Crippen LogP contribution in [0.3, 0.4) is 0 Å². The van der Waals surface area contributed by atoms with Gasteiger partial charge in [-0.05, 0) is 58.3 Å². The highest BCUT2D eigenvalue weighted by Gasteiger charge is 2.56. The van der Waals surface area contributed by atoms with Gasteiger partial charge in [-0.15, -0.1) is 20.0 Å². The largest absolute Gasteiger partial charge is 0.501 e. The minimum atomic E-state index is -5.18. The van der Waals surface area contributed by atoms with Crippen molar-refractivity contribution < 1.29 is 78.7 Å². The van der Waals surface area contributed by atoms with E-state index in [2.05, 4.69) is 15.3 Å². The summed E-state index contributed by atoms with van der Waals surface area (Å²) in [7, 11) is -1.17. The van der Waals surface area contributed by atoms with Crippen molar-refractivity contribution in [3.05, 3.63) is 64.0 Å². The number of rotatable bonds is 21. The van der Waals surface area contributed by atoms with Crippen LogP contribution in [0.15, 0.2) is 47.6 Å². The lowest BCUT2D eigenvalue weighted by molar-refractivity contribution is -0.282. The summed E-state index contributed by atoms with van der Waals surface area (Å²) in [5.74, 6) is -5.23. The Hall–Kier alpha value is -6.26. The van der Waals surface area contributed by atoms with E-state index >= 15 is 0 Å². The Morgan fingerprint density at radius 2 is 1.49 bits per heavy atom. The van der Waals surface area contributed by atoms with Crippen LogP contribution in [-0.4, -0.2) is 134 Å². The number of hydrogen-bond acceptors (Lipinski definition) is 19. The second-order valence-corrected chi connectivity index (χ2v) is 19.3. The summed E-state index contributed by atoms with van der Waals surface area (Å²) in [6.45, 7) is 11.8. The van der Waals surface area contributed by atoms with Crippen molar-refractivity contribution in [2.45, 2.75) is 85.1 Å². The van der Waals surface area contributed by atoms with E-state index in [1.54, 1.807) is 18.2 Å². The lowest BCUT2D eigenvalue weighted by atomic mass is 9.92. The van der Waals surface area contributed by atoms with Crippen molar-refractivity contribution in [3.63, 3.8) is 0 Å². The number of benzene rings is 3. The highest BCUT2D eigenvalue weighted by molar-refractivity contribution is 7.82. The summed E-state index contributed by atoms with van der Waals surface area (Å²) in [5.41, 5.74) is 8.94. The molecule has 0 aromatic heterocycles. The number of halogens is 1. The number of carbonyl (C=O) groups is 5. The van der Waals surface area contributed by atoms with E-state index in [4.69, 9.17) is 63.4 Å². The van der Waals surface area contributed by atoms with Gasteiger partial charge in [0, 0.05) is 92.3 Å². The van der Waals surface area contributed by atoms with E-state index in [9.17, 15) is 32.4 Å². The second kappa shape index (κ2) is 22.4. The Labute approximate surface area is 403 Å². The fraction of sp³-hybridized carbons (Fsp3) is 0.533. The van der Waals surface area contributed by atoms with Crippen LogP contribution in [0.4, 0.5) is 5.69 Å². The molecule has 376 valence electrons. The first kappa shape index (κ1) is 53.7. The van der Waals surface area contributed by atoms with Gasteiger partial charge in [0.15, 0.2) is 35.6 Å². The van der Waals surface area contributed by atoms with E-state index in [1.165, 1.54) is 31.2 Å². The Balaban J connectivity index is 1.56. The molecule has 3 aromatic rings. The number of amides is 1. The lowest BCUT2D eigenvalue weighted by Crippen LogP contribution is -2.64. The normalized spacial score (nSPS) is 20.0. The van der Waals surface area contributed by atoms with Gasteiger partial charge in [-0.3, -0.25) is 19.2 Å². The van der Waals surface area contributed by atoms with Crippen molar-refractivity contribution in [2.24, 2.45) is 15.9 Å². The monoisotopic (exact) mass is 1010 g/mol. The zero-order valence-corrected chi connectivity index (χ0v) is 41.3. The first-order valence-electron chi connectivity index (χ1n) is 21.4. The van der Waals surface area contributed by atoms with Crippen LogP contribution in [-0.2, 0) is 58.0 Å². The minimum Gasteiger partial charge on any atom is -0.497 e. The van der Waals surface area contributed by atoms with Crippen LogP contribution in [0, 0.1) is 10.8 Å². The van der Waals surface area contributed by atoms with E-state index in [-0.39, 0.29) is 49.4 Å². The number of anilines is 1. The van der Waals surface area contributed by atoms with Crippen LogP contribution in [0.2, 0.25) is 0 Å². The molecule has 1 N–H and O–H groups in total. The van der Waals surface area contributed by atoms with Crippen molar-refractivity contribution in [2.75, 3.05) is 65.3 Å². The zero-order chi connectivity index (χ0) is 51.0. The minimum absolute atomic E-state index is 0.102. The van der Waals surface area contributed by atoms with Crippen molar-refractivity contribution in [1.82, 2.24) is 4.90 Å². The predicted octanol–water partition coefficient (Wildman–Crippen LogP) is 5.82. The van der Waals surface area contributed by atoms with E-state index in [0.717, 1.165) is 45.6 Å². The smallest absolute Gasteiger partial charge is 0.497 e. The molecule has 5 rings (SSSR count). The molecule has 1 amide bonds. The SMILES string of the molecule is COC(=O)[C@H]1O[C@@H](Oc2ccc(C(=O)N(C)CC(C)(C)COCC(C)(C)CN=[N+]=[N-])cc2OS(=O)(=O)Oc2cc3c(c4cc(OC)ccc24)[C@H](CCl)CN3)[C@H](OC(C)=O)[C@@H](OC(C)=O)[C@@H]1OC(C)=O. The van der Waals surface area contributed by atoms with Crippen LogP contribution >= 0.6 is 11.6 Å². The van der Waals surface area contributed by atoms with Gasteiger partial charge >= 0.3 is 34.3 Å². The van der Waals surface area contributed by atoms with Crippen molar-refractivity contribution in [3.8, 4) is 23.0 Å². The third-order valence-corrected chi connectivity index (χ3v) is 11.8. The molecule has 0 aliphatic carbocycles. The molecule has 3 aromatic carbocycles. The standard InChI is InChI=1S/C45H56ClN5O17S/c1-24(52)62-37-38(63-25(2)53)40(64-26(3)54)43(66-39(37)42(56)60-10)65-33-14-11-27(41(55)51(8)21-45(6,7)23-61-22-44(4,5)20-49-50-47)15-35(33)68-69(57,58)67-34-17-32-36(28(18-46)19-48-32)31-16-29(59-9)12-13-30(31)34/h11-17,28,37-40,43,48H,18-23H2,1-10H3/t28-,37+,38+,39+,40-,43-/m1/s1. The van der Waals surface area contributed by atoms with Gasteiger partial charge < -0.3 is 56.5 Å². The van der Waals surface area contributed by atoms with Crippen LogP contribution < -0.4 is 23.2 Å². The Kier molecular flexibility index (Phi) is 17.5. The molecule has 2 aliphatic rings. The molecule has 2 aliphatic heterocycles. The third kappa shape index (κ3) is 13.7. The fourth-order valence-electron chi connectivity index (χ4n) is 7.83. The summed E-state index contributed by atoms with van der Waals surface area (Å²) < 4.78 is 84.3. The van der Waals surface area contributed by atoms with Gasteiger partial charge in [-0.25, -0.2) is 4.79 Å². The topological polar surface area (TPSA) is 276 Å². The van der Waals surface area contributed by atoms with Gasteiger partial charge in [0.1, 0.15) is 5.75 Å². The molecule has 1 fully saturated rings. The van der Waals surface area contributed by atoms with Crippen LogP contribution in [0.1, 0.15) is 70.3 Å². The van der Waals surface area contributed by atoms with E-state index < -0.39 is 93.2 Å². The Bertz CT molecular complexity index is 2590. The predicted molar refractivity (Wildman–Crippen MR) is 246 cm³/mol. The Morgan fingerprint density at radius 3 is 2.12 bits per heavy atom. The van der Waals surface area contributed by atoms with Gasteiger partial charge in [-0.2, -0.15) is 0 Å². The third-order valence-electron chi connectivity index (χ3n) is 10.7. The van der Waals surface area contributed by atoms with Crippen LogP contribution in [0.5, 0.6) is 23.0 Å². The fourth-order valence-corrected chi connectivity index (χ4v) is 8.84. The second-order valence-electron chi connectivity index (χ2n) is 17.9. The number of esters is 4. The number of ether oxygens (including phenoxy) is 8. The number of methoxy groups -OCH3 is 2. The molecular weight excluding hydrogens is 950 g/mol. The maximum Gasteiger partial charge on any atom is 0.501 e. The molecule has 0 unspecified atom stereocenters. The highest BCUT2D eigenvalue weighted by atomic mass is 35.5. The van der Waals surface area contributed by atoms with E-state index in [1.807, 2.05) is 27.7 Å². The number of nitrogens with one attached hydrogen (secondary N) is 1. The molecule has 2 heterocycles. The number of nitrogens with zero attached hydrogens (tertiary/aromatic N) is 4. The van der Waals surface area contributed by atoms with Crippen LogP contribution in [0.25, 0.3) is 21.2 Å². The number of fused-ring (bicyclic) bond motifs is 3. The first-order valence-corrected chi connectivity index (χ1v) is 23.3. The summed E-state index contributed by atoms with van der Waals surface area (Å²) in [6.07, 6.45) is -9.10. The molecule has 6 atom stereocenters. The molecule has 0 radical (unpaired) electrons. The van der Waals surface area contributed by atoms with Gasteiger partial charge in [0.25, 0.3) is 5.91 Å². The number of carbonyl (C=O) groups excluding carboxylic acids is 5. The van der Waals surface area contributed by atoms with Gasteiger partial charge in [0.2, 0.25) is 12.4 Å². The molecule has 69 heavy (non-hydrogen) atoms. The summed E-state index contributed by atoms with van der Waals surface area (Å²) >= 11 is 6.31. The molecule has 1 saturated heterocycles.